The minimum Gasteiger partial charge on any atom is -0.396 e. The fraction of sp³-hybridized carbons (Fsp3) is 0.889. The number of amides is 4. The topological polar surface area (TPSA) is 203 Å². The van der Waals surface area contributed by atoms with Crippen molar-refractivity contribution in [3.63, 3.8) is 0 Å². The Bertz CT molecular complexity index is 1120. The van der Waals surface area contributed by atoms with Gasteiger partial charge in [0, 0.05) is 64.5 Å². The molecule has 48 heavy (non-hydrogen) atoms. The van der Waals surface area contributed by atoms with Gasteiger partial charge >= 0.3 is 0 Å². The van der Waals surface area contributed by atoms with Gasteiger partial charge in [0.15, 0.2) is 0 Å². The van der Waals surface area contributed by atoms with E-state index in [0.717, 1.165) is 57.8 Å². The first kappa shape index (κ1) is 38.5. The van der Waals surface area contributed by atoms with Crippen LogP contribution in [-0.2, 0) is 19.2 Å². The van der Waals surface area contributed by atoms with E-state index < -0.39 is 12.2 Å². The highest BCUT2D eigenvalue weighted by Crippen LogP contribution is 2.68. The maximum atomic E-state index is 12.8. The van der Waals surface area contributed by atoms with Crippen LogP contribution in [0.25, 0.3) is 0 Å². The molecule has 0 bridgehead atoms. The molecule has 0 aromatic rings. The summed E-state index contributed by atoms with van der Waals surface area (Å²) < 4.78 is 0. The number of hydrogen-bond acceptors (Lipinski definition) is 8. The first-order chi connectivity index (χ1) is 22.8. The summed E-state index contributed by atoms with van der Waals surface area (Å²) in [6.45, 7) is 7.95. The monoisotopic (exact) mass is 677 g/mol. The molecule has 0 radical (unpaired) electrons. The minimum atomic E-state index is -0.409. The number of carbonyl (C=O) groups is 4. The van der Waals surface area contributed by atoms with E-state index in [-0.39, 0.29) is 117 Å². The van der Waals surface area contributed by atoms with Crippen LogP contribution in [0.2, 0.25) is 0 Å². The Kier molecular flexibility index (Phi) is 13.7. The highest BCUT2D eigenvalue weighted by atomic mass is 16.3. The second-order valence-electron chi connectivity index (χ2n) is 15.8. The Morgan fingerprint density at radius 2 is 1.42 bits per heavy atom. The van der Waals surface area contributed by atoms with Crippen LogP contribution in [0.1, 0.15) is 104 Å². The Hall–Kier alpha value is -2.28. The van der Waals surface area contributed by atoms with Gasteiger partial charge in [0.05, 0.1) is 12.2 Å². The zero-order valence-corrected chi connectivity index (χ0v) is 29.5. The number of nitrogens with two attached hydrogens (primary N) is 1. The van der Waals surface area contributed by atoms with Crippen LogP contribution in [0.3, 0.4) is 0 Å². The summed E-state index contributed by atoms with van der Waals surface area (Å²) in [4.78, 5) is 48.3. The second-order valence-corrected chi connectivity index (χ2v) is 15.8. The first-order valence-corrected chi connectivity index (χ1v) is 18.6. The third-order valence-electron chi connectivity index (χ3n) is 13.1. The lowest BCUT2D eigenvalue weighted by Gasteiger charge is -2.63. The zero-order chi connectivity index (χ0) is 35.1. The van der Waals surface area contributed by atoms with Gasteiger partial charge in [-0.2, -0.15) is 0 Å². The van der Waals surface area contributed by atoms with Gasteiger partial charge in [0.1, 0.15) is 0 Å². The molecule has 0 spiro atoms. The summed E-state index contributed by atoms with van der Waals surface area (Å²) in [5, 5.41) is 44.1. The van der Waals surface area contributed by atoms with E-state index in [1.54, 1.807) is 0 Å². The minimum absolute atomic E-state index is 0.00976. The summed E-state index contributed by atoms with van der Waals surface area (Å²) in [7, 11) is 0. The third kappa shape index (κ3) is 8.71. The lowest BCUT2D eigenvalue weighted by Crippen LogP contribution is -2.63. The number of fused-ring (bicyclic) bond motifs is 5. The van der Waals surface area contributed by atoms with Crippen LogP contribution in [0, 0.1) is 46.3 Å². The van der Waals surface area contributed by atoms with Gasteiger partial charge in [0.25, 0.3) is 0 Å². The van der Waals surface area contributed by atoms with Crippen LogP contribution >= 0.6 is 0 Å². The molecule has 12 heteroatoms. The molecule has 0 aromatic carbocycles. The van der Waals surface area contributed by atoms with Gasteiger partial charge in [-0.3, -0.25) is 19.2 Å². The van der Waals surface area contributed by atoms with Crippen molar-refractivity contribution in [1.29, 1.82) is 0 Å². The smallest absolute Gasteiger partial charge is 0.221 e. The fourth-order valence-electron chi connectivity index (χ4n) is 10.5. The molecule has 4 fully saturated rings. The Morgan fingerprint density at radius 3 is 2.02 bits per heavy atom. The quantitative estimate of drug-likeness (QED) is 0.120. The van der Waals surface area contributed by atoms with Gasteiger partial charge in [-0.1, -0.05) is 20.8 Å². The van der Waals surface area contributed by atoms with E-state index in [4.69, 9.17) is 5.73 Å². The maximum absolute atomic E-state index is 12.8. The molecule has 12 nitrogen and oxygen atoms in total. The van der Waals surface area contributed by atoms with Gasteiger partial charge in [0.2, 0.25) is 23.6 Å². The van der Waals surface area contributed by atoms with E-state index in [1.807, 2.05) is 0 Å². The van der Waals surface area contributed by atoms with Crippen molar-refractivity contribution in [3.8, 4) is 0 Å². The molecular weight excluding hydrogens is 614 g/mol. The highest BCUT2D eigenvalue weighted by molar-refractivity contribution is 5.81. The van der Waals surface area contributed by atoms with Crippen molar-refractivity contribution in [1.82, 2.24) is 21.3 Å². The van der Waals surface area contributed by atoms with E-state index in [0.29, 0.717) is 17.8 Å². The van der Waals surface area contributed by atoms with Crippen molar-refractivity contribution in [2.75, 3.05) is 32.8 Å². The lowest BCUT2D eigenvalue weighted by atomic mass is 9.43. The summed E-state index contributed by atoms with van der Waals surface area (Å²) in [6.07, 6.45) is 7.72. The van der Waals surface area contributed by atoms with Crippen molar-refractivity contribution >= 4 is 23.6 Å². The molecule has 4 saturated carbocycles. The normalized spacial score (nSPS) is 36.1. The van der Waals surface area contributed by atoms with Gasteiger partial charge in [-0.05, 0) is 104 Å². The Balaban J connectivity index is 1.19. The van der Waals surface area contributed by atoms with Crippen LogP contribution in [0.5, 0.6) is 0 Å². The van der Waals surface area contributed by atoms with Gasteiger partial charge in [-0.15, -0.1) is 0 Å². The predicted molar refractivity (Wildman–Crippen MR) is 182 cm³/mol. The van der Waals surface area contributed by atoms with E-state index in [1.165, 1.54) is 0 Å². The van der Waals surface area contributed by atoms with E-state index in [9.17, 15) is 34.5 Å². The van der Waals surface area contributed by atoms with Crippen molar-refractivity contribution < 1.29 is 34.5 Å². The van der Waals surface area contributed by atoms with Crippen LogP contribution in [-0.4, -0.2) is 90.0 Å². The average Bonchev–Trinajstić information content (AvgIpc) is 3.39. The van der Waals surface area contributed by atoms with Gasteiger partial charge in [-0.25, -0.2) is 0 Å². The molecule has 4 rings (SSSR count). The van der Waals surface area contributed by atoms with Crippen molar-refractivity contribution in [2.45, 2.75) is 122 Å². The number of aliphatic hydroxyl groups is 3. The molecule has 0 heterocycles. The molecule has 274 valence electrons. The predicted octanol–water partition coefficient (Wildman–Crippen LogP) is 1.35. The zero-order valence-electron chi connectivity index (χ0n) is 29.5. The SMILES string of the molecule is C[C@H](CCCO)[C@H]1CC[C@H]2[C@@H]3[C@H](O)C[C@@H]4C[C@@H](NC(=O)CCNC(=O)CCNC(=O)CCNC(=O)CCN)CC[C@]4(C)[C@H]3C[C@H](O)[C@]12C. The molecule has 4 aliphatic rings. The third-order valence-corrected chi connectivity index (χ3v) is 13.1. The molecular formula is C36H63N5O7. The second kappa shape index (κ2) is 17.1. The molecule has 4 aliphatic carbocycles. The van der Waals surface area contributed by atoms with Crippen LogP contribution in [0.15, 0.2) is 0 Å². The number of nitrogens with one attached hydrogen (secondary N) is 4. The molecule has 0 unspecified atom stereocenters. The van der Waals surface area contributed by atoms with E-state index >= 15 is 0 Å². The average molecular weight is 678 g/mol. The Labute approximate surface area is 286 Å². The van der Waals surface area contributed by atoms with Crippen LogP contribution in [0.4, 0.5) is 0 Å². The van der Waals surface area contributed by atoms with Crippen LogP contribution < -0.4 is 27.0 Å². The molecule has 11 atom stereocenters. The summed E-state index contributed by atoms with van der Waals surface area (Å²) in [6, 6.07) is 0.0207. The molecule has 4 amide bonds. The van der Waals surface area contributed by atoms with Gasteiger partial charge < -0.3 is 42.3 Å². The molecule has 0 saturated heterocycles. The molecule has 0 aliphatic heterocycles. The molecule has 0 aromatic heterocycles. The largest absolute Gasteiger partial charge is 0.396 e. The Morgan fingerprint density at radius 1 is 0.812 bits per heavy atom. The van der Waals surface area contributed by atoms with Crippen molar-refractivity contribution in [2.24, 2.45) is 52.1 Å². The first-order valence-electron chi connectivity index (χ1n) is 18.6. The highest BCUT2D eigenvalue weighted by Gasteiger charge is 2.65. The number of hydrogen-bond donors (Lipinski definition) is 8. The van der Waals surface area contributed by atoms with E-state index in [2.05, 4.69) is 42.0 Å². The summed E-state index contributed by atoms with van der Waals surface area (Å²) >= 11 is 0. The number of rotatable bonds is 16. The maximum Gasteiger partial charge on any atom is 0.221 e. The number of aliphatic hydroxyl groups excluding tert-OH is 3. The summed E-state index contributed by atoms with van der Waals surface area (Å²) in [5.74, 6) is 1.01. The molecule has 9 N–H and O–H groups in total. The number of carbonyl (C=O) groups excluding carboxylic acids is 4. The standard InChI is InChI=1S/C36H63N5O7/c1-22(5-4-18-42)25-6-7-26-34-27(21-29(44)36(25,26)3)35(2)13-8-24(19-23(35)20-28(34)43)41-33(48)12-17-40-32(47)11-16-39-31(46)10-15-38-30(45)9-14-37/h22-29,34,42-44H,4-21,37H2,1-3H3,(H,38,45)(H,39,46)(H,40,47)(H,41,48)/t22-,23+,24+,25-,26+,27+,28-,29+,34+,35+,36-/m1/s1. The summed E-state index contributed by atoms with van der Waals surface area (Å²) in [5.41, 5.74) is 5.11. The lowest BCUT2D eigenvalue weighted by molar-refractivity contribution is -0.202. The fourth-order valence-corrected chi connectivity index (χ4v) is 10.5. The van der Waals surface area contributed by atoms with Crippen molar-refractivity contribution in [3.05, 3.63) is 0 Å².